The molecule has 0 atom stereocenters. The number of nitrogens with zero attached hydrogens (tertiary/aromatic N) is 4. The molecule has 6 nitrogen and oxygen atoms in total. The maximum absolute atomic E-state index is 12.8. The molecule has 1 N–H and O–H groups in total. The van der Waals surface area contributed by atoms with Crippen LogP contribution >= 0.6 is 0 Å². The molecular formula is C21H27N5O. The fourth-order valence-corrected chi connectivity index (χ4v) is 3.90. The number of rotatable bonds is 2. The van der Waals surface area contributed by atoms with Gasteiger partial charge < -0.3 is 15.1 Å². The van der Waals surface area contributed by atoms with Crippen molar-refractivity contribution in [2.24, 2.45) is 0 Å². The Morgan fingerprint density at radius 3 is 2.48 bits per heavy atom. The molecule has 0 bridgehead atoms. The van der Waals surface area contributed by atoms with Crippen molar-refractivity contribution in [1.82, 2.24) is 14.9 Å². The zero-order valence-corrected chi connectivity index (χ0v) is 16.2. The largest absolute Gasteiger partial charge is 0.356 e. The molecule has 1 aromatic carbocycles. The Labute approximate surface area is 160 Å². The van der Waals surface area contributed by atoms with Crippen molar-refractivity contribution >= 4 is 17.5 Å². The fraction of sp³-hybridized carbons (Fsp3) is 0.476. The first-order valence-electron chi connectivity index (χ1n) is 9.84. The van der Waals surface area contributed by atoms with E-state index in [2.05, 4.69) is 15.2 Å². The summed E-state index contributed by atoms with van der Waals surface area (Å²) in [5, 5.41) is 3.01. The van der Waals surface area contributed by atoms with Crippen LogP contribution in [-0.4, -0.2) is 40.5 Å². The quantitative estimate of drug-likeness (QED) is 0.882. The van der Waals surface area contributed by atoms with Crippen molar-refractivity contribution in [1.29, 1.82) is 0 Å². The van der Waals surface area contributed by atoms with Gasteiger partial charge in [0.15, 0.2) is 0 Å². The molecule has 1 fully saturated rings. The number of benzene rings is 1. The first-order chi connectivity index (χ1) is 13.1. The number of anilines is 2. The molecule has 2 amide bonds. The summed E-state index contributed by atoms with van der Waals surface area (Å²) in [6.07, 6.45) is 4.47. The van der Waals surface area contributed by atoms with Crippen molar-refractivity contribution in [2.75, 3.05) is 29.9 Å². The number of carbonyl (C=O) groups excluding carboxylic acids is 1. The van der Waals surface area contributed by atoms with Crippen LogP contribution in [0.15, 0.2) is 24.3 Å². The number of aromatic nitrogens is 2. The molecule has 0 saturated carbocycles. The third-order valence-corrected chi connectivity index (χ3v) is 5.40. The van der Waals surface area contributed by atoms with E-state index in [1.165, 1.54) is 24.8 Å². The zero-order chi connectivity index (χ0) is 18.8. The van der Waals surface area contributed by atoms with E-state index >= 15 is 0 Å². The van der Waals surface area contributed by atoms with Gasteiger partial charge in [0, 0.05) is 37.3 Å². The zero-order valence-electron chi connectivity index (χ0n) is 16.2. The van der Waals surface area contributed by atoms with Crippen LogP contribution in [0.2, 0.25) is 0 Å². The Morgan fingerprint density at radius 2 is 1.74 bits per heavy atom. The summed E-state index contributed by atoms with van der Waals surface area (Å²) in [6, 6.07) is 7.83. The van der Waals surface area contributed by atoms with Crippen LogP contribution in [0, 0.1) is 13.8 Å². The van der Waals surface area contributed by atoms with Gasteiger partial charge in [-0.2, -0.15) is 0 Å². The van der Waals surface area contributed by atoms with Crippen molar-refractivity contribution in [2.45, 2.75) is 46.1 Å². The van der Waals surface area contributed by atoms with E-state index in [0.717, 1.165) is 48.1 Å². The Bertz CT molecular complexity index is 827. The highest BCUT2D eigenvalue weighted by molar-refractivity contribution is 5.89. The van der Waals surface area contributed by atoms with Gasteiger partial charge in [0.2, 0.25) is 0 Å². The average molecular weight is 365 g/mol. The Hall–Kier alpha value is -2.63. The topological polar surface area (TPSA) is 61.4 Å². The lowest BCUT2D eigenvalue weighted by Crippen LogP contribution is -2.41. The number of nitrogens with one attached hydrogen (secondary N) is 1. The lowest BCUT2D eigenvalue weighted by Gasteiger charge is -2.34. The van der Waals surface area contributed by atoms with E-state index in [9.17, 15) is 4.79 Å². The Balaban J connectivity index is 1.54. The second kappa shape index (κ2) is 7.55. The van der Waals surface area contributed by atoms with Crippen LogP contribution in [0.1, 0.15) is 41.9 Å². The minimum absolute atomic E-state index is 0.0605. The number of hydrogen-bond acceptors (Lipinski definition) is 4. The summed E-state index contributed by atoms with van der Waals surface area (Å²) in [5.41, 5.74) is 4.22. The molecule has 2 aromatic rings. The molecule has 2 aliphatic rings. The number of aryl methyl sites for hydroxylation is 2. The van der Waals surface area contributed by atoms with Gasteiger partial charge in [-0.05, 0) is 45.2 Å². The normalized spacial score (nSPS) is 16.8. The summed E-state index contributed by atoms with van der Waals surface area (Å²) < 4.78 is 0. The van der Waals surface area contributed by atoms with Crippen LogP contribution in [0.3, 0.4) is 0 Å². The fourth-order valence-electron chi connectivity index (χ4n) is 3.90. The summed E-state index contributed by atoms with van der Waals surface area (Å²) >= 11 is 0. The minimum atomic E-state index is -0.0605. The van der Waals surface area contributed by atoms with Gasteiger partial charge in [-0.15, -0.1) is 0 Å². The molecule has 2 aliphatic heterocycles. The third-order valence-electron chi connectivity index (χ3n) is 5.40. The lowest BCUT2D eigenvalue weighted by atomic mass is 10.0. The molecule has 27 heavy (non-hydrogen) atoms. The number of hydrogen-bond donors (Lipinski definition) is 1. The maximum atomic E-state index is 12.8. The summed E-state index contributed by atoms with van der Waals surface area (Å²) in [4.78, 5) is 26.4. The van der Waals surface area contributed by atoms with Crippen LogP contribution in [-0.2, 0) is 13.0 Å². The van der Waals surface area contributed by atoms with E-state index in [4.69, 9.17) is 4.98 Å². The van der Waals surface area contributed by atoms with E-state index in [0.29, 0.717) is 13.1 Å². The van der Waals surface area contributed by atoms with Crippen LogP contribution in [0.4, 0.5) is 16.3 Å². The van der Waals surface area contributed by atoms with E-state index in [-0.39, 0.29) is 6.03 Å². The molecule has 0 aliphatic carbocycles. The smallest absolute Gasteiger partial charge is 0.322 e. The number of amides is 2. The van der Waals surface area contributed by atoms with E-state index in [1.807, 2.05) is 43.0 Å². The number of piperidine rings is 1. The van der Waals surface area contributed by atoms with Crippen molar-refractivity contribution < 1.29 is 4.79 Å². The molecular weight excluding hydrogens is 338 g/mol. The van der Waals surface area contributed by atoms with Crippen LogP contribution in [0.5, 0.6) is 0 Å². The highest BCUT2D eigenvalue weighted by Crippen LogP contribution is 2.29. The van der Waals surface area contributed by atoms with Crippen LogP contribution in [0.25, 0.3) is 0 Å². The lowest BCUT2D eigenvalue weighted by molar-refractivity contribution is 0.206. The van der Waals surface area contributed by atoms with Gasteiger partial charge in [0.1, 0.15) is 11.6 Å². The monoisotopic (exact) mass is 365 g/mol. The Kier molecular flexibility index (Phi) is 4.97. The number of fused-ring (bicyclic) bond motifs is 1. The molecule has 0 unspecified atom stereocenters. The molecule has 4 rings (SSSR count). The second-order valence-corrected chi connectivity index (χ2v) is 7.54. The molecule has 3 heterocycles. The molecule has 0 spiro atoms. The molecule has 6 heteroatoms. The molecule has 1 aromatic heterocycles. The van der Waals surface area contributed by atoms with Gasteiger partial charge in [-0.1, -0.05) is 17.7 Å². The van der Waals surface area contributed by atoms with Crippen molar-refractivity contribution in [3.05, 3.63) is 46.9 Å². The summed E-state index contributed by atoms with van der Waals surface area (Å²) in [5.74, 6) is 1.86. The molecule has 0 radical (unpaired) electrons. The molecule has 142 valence electrons. The first kappa shape index (κ1) is 17.8. The average Bonchev–Trinajstić information content (AvgIpc) is 2.69. The molecule has 1 saturated heterocycles. The highest BCUT2D eigenvalue weighted by Gasteiger charge is 2.27. The summed E-state index contributed by atoms with van der Waals surface area (Å²) in [6.45, 7) is 7.33. The second-order valence-electron chi connectivity index (χ2n) is 7.54. The number of urea groups is 1. The van der Waals surface area contributed by atoms with Gasteiger partial charge in [-0.3, -0.25) is 0 Å². The van der Waals surface area contributed by atoms with E-state index in [1.54, 1.807) is 0 Å². The third kappa shape index (κ3) is 3.89. The van der Waals surface area contributed by atoms with Gasteiger partial charge >= 0.3 is 6.03 Å². The van der Waals surface area contributed by atoms with Gasteiger partial charge in [-0.25, -0.2) is 14.8 Å². The summed E-state index contributed by atoms with van der Waals surface area (Å²) in [7, 11) is 0. The minimum Gasteiger partial charge on any atom is -0.356 e. The first-order valence-corrected chi connectivity index (χ1v) is 9.84. The highest BCUT2D eigenvalue weighted by atomic mass is 16.2. The SMILES string of the molecule is Cc1ccc(NC(=O)N2CCc3nc(C)nc(N4CCCCC4)c3C2)cc1. The maximum Gasteiger partial charge on any atom is 0.322 e. The van der Waals surface area contributed by atoms with Crippen LogP contribution < -0.4 is 10.2 Å². The number of carbonyl (C=O) groups is 1. The predicted molar refractivity (Wildman–Crippen MR) is 107 cm³/mol. The predicted octanol–water partition coefficient (Wildman–Crippen LogP) is 3.67. The van der Waals surface area contributed by atoms with E-state index < -0.39 is 0 Å². The van der Waals surface area contributed by atoms with Gasteiger partial charge in [0.05, 0.1) is 12.2 Å². The van der Waals surface area contributed by atoms with Crippen molar-refractivity contribution in [3.63, 3.8) is 0 Å². The van der Waals surface area contributed by atoms with Crippen molar-refractivity contribution in [3.8, 4) is 0 Å². The Morgan fingerprint density at radius 1 is 1.00 bits per heavy atom. The standard InChI is InChI=1S/C21H27N5O/c1-15-6-8-17(9-7-15)24-21(27)26-13-10-19-18(14-26)20(23-16(2)22-19)25-11-4-3-5-12-25/h6-9H,3-5,10-14H2,1-2H3,(H,24,27). The van der Waals surface area contributed by atoms with Gasteiger partial charge in [0.25, 0.3) is 0 Å².